The molecule has 0 radical (unpaired) electrons. The van der Waals surface area contributed by atoms with E-state index in [-0.39, 0.29) is 18.2 Å². The summed E-state index contributed by atoms with van der Waals surface area (Å²) in [4.78, 5) is 0. The first-order valence-corrected chi connectivity index (χ1v) is 5.73. The SMILES string of the molecule is Cc1ccc(NCc2cc(N)ccc2N)cc1O.Cl. The summed E-state index contributed by atoms with van der Waals surface area (Å²) in [5.74, 6) is 0.278. The average Bonchev–Trinajstić information content (AvgIpc) is 2.34. The number of anilines is 3. The lowest BCUT2D eigenvalue weighted by Gasteiger charge is -2.10. The maximum Gasteiger partial charge on any atom is 0.120 e. The van der Waals surface area contributed by atoms with Crippen molar-refractivity contribution in [1.29, 1.82) is 0 Å². The highest BCUT2D eigenvalue weighted by Gasteiger charge is 2.01. The molecule has 6 N–H and O–H groups in total. The number of nitrogens with two attached hydrogens (primary N) is 2. The van der Waals surface area contributed by atoms with Crippen LogP contribution < -0.4 is 16.8 Å². The van der Waals surface area contributed by atoms with Gasteiger partial charge < -0.3 is 21.9 Å². The Kier molecular flexibility index (Phi) is 4.89. The molecule has 2 aromatic rings. The van der Waals surface area contributed by atoms with E-state index in [1.807, 2.05) is 25.1 Å². The molecule has 0 spiro atoms. The summed E-state index contributed by atoms with van der Waals surface area (Å²) in [6, 6.07) is 10.9. The minimum Gasteiger partial charge on any atom is -0.508 e. The van der Waals surface area contributed by atoms with Crippen LogP contribution in [-0.4, -0.2) is 5.11 Å². The van der Waals surface area contributed by atoms with Crippen LogP contribution in [0.1, 0.15) is 11.1 Å². The number of hydrogen-bond acceptors (Lipinski definition) is 4. The predicted molar refractivity (Wildman–Crippen MR) is 82.7 cm³/mol. The van der Waals surface area contributed by atoms with Crippen molar-refractivity contribution in [2.45, 2.75) is 13.5 Å². The zero-order valence-electron chi connectivity index (χ0n) is 10.7. The van der Waals surface area contributed by atoms with Crippen molar-refractivity contribution in [3.63, 3.8) is 0 Å². The minimum absolute atomic E-state index is 0. The van der Waals surface area contributed by atoms with E-state index in [0.717, 1.165) is 16.8 Å². The Labute approximate surface area is 118 Å². The molecule has 2 rings (SSSR count). The third-order valence-corrected chi connectivity index (χ3v) is 2.86. The topological polar surface area (TPSA) is 84.3 Å². The van der Waals surface area contributed by atoms with Gasteiger partial charge in [0.25, 0.3) is 0 Å². The molecule has 2 aromatic carbocycles. The van der Waals surface area contributed by atoms with Crippen molar-refractivity contribution in [2.75, 3.05) is 16.8 Å². The third kappa shape index (κ3) is 3.69. The quantitative estimate of drug-likeness (QED) is 0.651. The fourth-order valence-electron chi connectivity index (χ4n) is 1.70. The van der Waals surface area contributed by atoms with Crippen LogP contribution in [0.4, 0.5) is 17.1 Å². The fraction of sp³-hybridized carbons (Fsp3) is 0.143. The van der Waals surface area contributed by atoms with Crippen LogP contribution in [0.5, 0.6) is 5.75 Å². The maximum atomic E-state index is 9.61. The van der Waals surface area contributed by atoms with Crippen LogP contribution in [0.15, 0.2) is 36.4 Å². The van der Waals surface area contributed by atoms with E-state index < -0.39 is 0 Å². The lowest BCUT2D eigenvalue weighted by molar-refractivity contribution is 0.471. The first-order chi connectivity index (χ1) is 8.56. The van der Waals surface area contributed by atoms with Crippen LogP contribution in [0.25, 0.3) is 0 Å². The van der Waals surface area contributed by atoms with Gasteiger partial charge in [-0.25, -0.2) is 0 Å². The summed E-state index contributed by atoms with van der Waals surface area (Å²) in [5.41, 5.74) is 15.6. The smallest absolute Gasteiger partial charge is 0.120 e. The zero-order valence-corrected chi connectivity index (χ0v) is 11.5. The standard InChI is InChI=1S/C14H17N3O.ClH/c1-9-2-4-12(7-14(9)18)17-8-10-6-11(15)3-5-13(10)16;/h2-7,17-18H,8,15-16H2,1H3;1H. The van der Waals surface area contributed by atoms with Gasteiger partial charge in [-0.05, 0) is 42.3 Å². The Morgan fingerprint density at radius 2 is 1.84 bits per heavy atom. The molecular weight excluding hydrogens is 262 g/mol. The van der Waals surface area contributed by atoms with Gasteiger partial charge in [-0.1, -0.05) is 6.07 Å². The Hall–Kier alpha value is -2.07. The maximum absolute atomic E-state index is 9.61. The van der Waals surface area contributed by atoms with Gasteiger partial charge in [-0.15, -0.1) is 12.4 Å². The van der Waals surface area contributed by atoms with E-state index in [4.69, 9.17) is 11.5 Å². The van der Waals surface area contributed by atoms with E-state index in [1.165, 1.54) is 0 Å². The van der Waals surface area contributed by atoms with Crippen molar-refractivity contribution in [2.24, 2.45) is 0 Å². The van der Waals surface area contributed by atoms with Crippen molar-refractivity contribution < 1.29 is 5.11 Å². The highest BCUT2D eigenvalue weighted by Crippen LogP contribution is 2.22. The van der Waals surface area contributed by atoms with Crippen molar-refractivity contribution in [1.82, 2.24) is 0 Å². The Balaban J connectivity index is 0.00000180. The minimum atomic E-state index is 0. The Morgan fingerprint density at radius 3 is 2.53 bits per heavy atom. The van der Waals surface area contributed by atoms with E-state index in [0.29, 0.717) is 17.9 Å². The van der Waals surface area contributed by atoms with Crippen LogP contribution in [0.3, 0.4) is 0 Å². The number of halogens is 1. The Morgan fingerprint density at radius 1 is 1.11 bits per heavy atom. The molecule has 0 amide bonds. The molecular formula is C14H18ClN3O. The van der Waals surface area contributed by atoms with E-state index in [9.17, 15) is 5.11 Å². The molecule has 0 bridgehead atoms. The molecule has 0 aliphatic rings. The van der Waals surface area contributed by atoms with Gasteiger partial charge in [0.2, 0.25) is 0 Å². The molecule has 0 aliphatic carbocycles. The first-order valence-electron chi connectivity index (χ1n) is 5.73. The summed E-state index contributed by atoms with van der Waals surface area (Å²) in [5, 5.41) is 12.8. The van der Waals surface area contributed by atoms with Gasteiger partial charge in [-0.3, -0.25) is 0 Å². The molecule has 0 unspecified atom stereocenters. The summed E-state index contributed by atoms with van der Waals surface area (Å²) in [7, 11) is 0. The summed E-state index contributed by atoms with van der Waals surface area (Å²) >= 11 is 0. The van der Waals surface area contributed by atoms with Gasteiger partial charge in [0.15, 0.2) is 0 Å². The molecule has 0 aromatic heterocycles. The second-order valence-electron chi connectivity index (χ2n) is 4.31. The predicted octanol–water partition coefficient (Wildman–Crippen LogP) is 2.90. The number of phenolic OH excluding ortho intramolecular Hbond substituents is 1. The fourth-order valence-corrected chi connectivity index (χ4v) is 1.70. The van der Waals surface area contributed by atoms with E-state index >= 15 is 0 Å². The molecule has 0 atom stereocenters. The highest BCUT2D eigenvalue weighted by molar-refractivity contribution is 5.85. The van der Waals surface area contributed by atoms with Crippen LogP contribution >= 0.6 is 12.4 Å². The zero-order chi connectivity index (χ0) is 13.1. The molecule has 0 saturated carbocycles. The second-order valence-corrected chi connectivity index (χ2v) is 4.31. The van der Waals surface area contributed by atoms with Gasteiger partial charge in [0.05, 0.1) is 0 Å². The van der Waals surface area contributed by atoms with Gasteiger partial charge in [-0.2, -0.15) is 0 Å². The number of nitrogen functional groups attached to an aromatic ring is 2. The second kappa shape index (κ2) is 6.20. The summed E-state index contributed by atoms with van der Waals surface area (Å²) < 4.78 is 0. The first kappa shape index (κ1) is 15.0. The van der Waals surface area contributed by atoms with Gasteiger partial charge in [0.1, 0.15) is 5.75 Å². The molecule has 0 fully saturated rings. The number of benzene rings is 2. The Bertz CT molecular complexity index is 573. The van der Waals surface area contributed by atoms with Crippen LogP contribution in [-0.2, 0) is 6.54 Å². The number of aryl methyl sites for hydroxylation is 1. The molecule has 5 heteroatoms. The number of aromatic hydroxyl groups is 1. The molecule has 19 heavy (non-hydrogen) atoms. The normalized spacial score (nSPS) is 9.74. The lowest BCUT2D eigenvalue weighted by Crippen LogP contribution is -2.03. The van der Waals surface area contributed by atoms with Crippen molar-refractivity contribution >= 4 is 29.5 Å². The van der Waals surface area contributed by atoms with Crippen molar-refractivity contribution in [3.8, 4) is 5.75 Å². The number of rotatable bonds is 3. The monoisotopic (exact) mass is 279 g/mol. The number of hydrogen-bond donors (Lipinski definition) is 4. The van der Waals surface area contributed by atoms with Crippen LogP contribution in [0, 0.1) is 6.92 Å². The van der Waals surface area contributed by atoms with Crippen molar-refractivity contribution in [3.05, 3.63) is 47.5 Å². The molecule has 102 valence electrons. The average molecular weight is 280 g/mol. The third-order valence-electron chi connectivity index (χ3n) is 2.86. The summed E-state index contributed by atoms with van der Waals surface area (Å²) in [6.07, 6.45) is 0. The number of nitrogens with one attached hydrogen (secondary N) is 1. The van der Waals surface area contributed by atoms with Gasteiger partial charge in [0, 0.05) is 29.7 Å². The van der Waals surface area contributed by atoms with E-state index in [2.05, 4.69) is 5.32 Å². The van der Waals surface area contributed by atoms with Crippen LogP contribution in [0.2, 0.25) is 0 Å². The van der Waals surface area contributed by atoms with Gasteiger partial charge >= 0.3 is 0 Å². The number of phenols is 1. The summed E-state index contributed by atoms with van der Waals surface area (Å²) in [6.45, 7) is 2.42. The molecule has 4 nitrogen and oxygen atoms in total. The largest absolute Gasteiger partial charge is 0.508 e. The van der Waals surface area contributed by atoms with E-state index in [1.54, 1.807) is 18.2 Å². The molecule has 0 aliphatic heterocycles. The molecule has 0 saturated heterocycles. The highest BCUT2D eigenvalue weighted by atomic mass is 35.5. The molecule has 0 heterocycles. The lowest BCUT2D eigenvalue weighted by atomic mass is 10.1.